The van der Waals surface area contributed by atoms with E-state index in [1.165, 1.54) is 25.0 Å². The van der Waals surface area contributed by atoms with Gasteiger partial charge in [0.2, 0.25) is 0 Å². The molecule has 0 amide bonds. The number of aliphatic imine (C=N–C) groups is 1. The summed E-state index contributed by atoms with van der Waals surface area (Å²) in [6.45, 7) is 10.3. The molecule has 0 heterocycles. The fraction of sp³-hybridized carbons (Fsp3) is 0.706. The molecule has 2 aliphatic carbocycles. The quantitative estimate of drug-likeness (QED) is 0.498. The fourth-order valence-corrected chi connectivity index (χ4v) is 3.73. The molecule has 0 saturated heterocycles. The lowest BCUT2D eigenvalue weighted by molar-refractivity contribution is 0.194. The predicted molar refractivity (Wildman–Crippen MR) is 80.1 cm³/mol. The maximum absolute atomic E-state index is 4.91. The van der Waals surface area contributed by atoms with Crippen LogP contribution in [-0.2, 0) is 0 Å². The second-order valence-electron chi connectivity index (χ2n) is 6.56. The first kappa shape index (κ1) is 13.6. The molecule has 0 aromatic heterocycles. The van der Waals surface area contributed by atoms with E-state index in [1.54, 1.807) is 0 Å². The summed E-state index contributed by atoms with van der Waals surface area (Å²) in [7, 11) is 0. The van der Waals surface area contributed by atoms with E-state index in [-0.39, 0.29) is 0 Å². The molecule has 18 heavy (non-hydrogen) atoms. The van der Waals surface area contributed by atoms with Gasteiger partial charge in [-0.05, 0) is 43.9 Å². The first-order chi connectivity index (χ1) is 8.52. The molecule has 1 unspecified atom stereocenters. The molecule has 2 bridgehead atoms. The van der Waals surface area contributed by atoms with Gasteiger partial charge in [0.15, 0.2) is 0 Å². The highest BCUT2D eigenvalue weighted by molar-refractivity contribution is 5.94. The normalized spacial score (nSPS) is 36.4. The van der Waals surface area contributed by atoms with Crippen LogP contribution in [0.3, 0.4) is 0 Å². The molecule has 0 spiro atoms. The molecule has 2 aliphatic rings. The molecule has 0 aromatic carbocycles. The minimum absolute atomic E-state index is 0.380. The Morgan fingerprint density at radius 3 is 2.61 bits per heavy atom. The Morgan fingerprint density at radius 1 is 1.28 bits per heavy atom. The summed E-state index contributed by atoms with van der Waals surface area (Å²) in [4.78, 5) is 4.91. The minimum atomic E-state index is 0.380. The van der Waals surface area contributed by atoms with Crippen molar-refractivity contribution in [3.05, 3.63) is 24.3 Å². The van der Waals surface area contributed by atoms with Crippen molar-refractivity contribution in [1.82, 2.24) is 0 Å². The Labute approximate surface area is 112 Å². The summed E-state index contributed by atoms with van der Waals surface area (Å²) in [5.74, 6) is 0.875. The van der Waals surface area contributed by atoms with E-state index < -0.39 is 0 Å². The van der Waals surface area contributed by atoms with Gasteiger partial charge >= 0.3 is 0 Å². The Balaban J connectivity index is 1.95. The van der Waals surface area contributed by atoms with Gasteiger partial charge in [-0.3, -0.25) is 4.99 Å². The van der Waals surface area contributed by atoms with Gasteiger partial charge in [0.1, 0.15) is 0 Å². The third-order valence-electron chi connectivity index (χ3n) is 5.55. The summed E-state index contributed by atoms with van der Waals surface area (Å²) in [5, 5.41) is 0. The Morgan fingerprint density at radius 2 is 2.06 bits per heavy atom. The molecule has 2 rings (SSSR count). The molecule has 0 radical (unpaired) electrons. The van der Waals surface area contributed by atoms with E-state index in [4.69, 9.17) is 4.99 Å². The van der Waals surface area contributed by atoms with Crippen LogP contribution in [0.1, 0.15) is 53.4 Å². The Bertz CT molecular complexity index is 386. The van der Waals surface area contributed by atoms with E-state index >= 15 is 0 Å². The zero-order valence-corrected chi connectivity index (χ0v) is 12.4. The standard InChI is InChI=1S/C17H27N/c1-5-6-7-8-9-12-18-15-13-14-10-11-17(15,4)16(14,2)3/h5-8,14H,9-13H2,1-4H3/b6-5-,8-7-,18-15?/t14?,17-/m0/s1. The number of hydrogen-bond donors (Lipinski definition) is 0. The smallest absolute Gasteiger partial charge is 0.0423 e. The first-order valence-electron chi connectivity index (χ1n) is 7.34. The Hall–Kier alpha value is -0.850. The van der Waals surface area contributed by atoms with E-state index in [1.807, 2.05) is 6.92 Å². The van der Waals surface area contributed by atoms with E-state index in [0.29, 0.717) is 10.8 Å². The molecule has 2 fully saturated rings. The number of rotatable bonds is 4. The van der Waals surface area contributed by atoms with Crippen molar-refractivity contribution in [3.63, 3.8) is 0 Å². The van der Waals surface area contributed by atoms with Crippen molar-refractivity contribution in [2.75, 3.05) is 6.54 Å². The molecule has 100 valence electrons. The van der Waals surface area contributed by atoms with Gasteiger partial charge in [0, 0.05) is 17.7 Å². The molecule has 1 nitrogen and oxygen atoms in total. The van der Waals surface area contributed by atoms with Crippen molar-refractivity contribution in [3.8, 4) is 0 Å². The number of fused-ring (bicyclic) bond motifs is 2. The summed E-state index contributed by atoms with van der Waals surface area (Å²) in [6, 6.07) is 0. The van der Waals surface area contributed by atoms with Crippen LogP contribution in [0, 0.1) is 16.7 Å². The van der Waals surface area contributed by atoms with Crippen molar-refractivity contribution in [2.45, 2.75) is 53.4 Å². The van der Waals surface area contributed by atoms with Crippen LogP contribution in [0.2, 0.25) is 0 Å². The van der Waals surface area contributed by atoms with Crippen molar-refractivity contribution < 1.29 is 0 Å². The summed E-state index contributed by atoms with van der Waals surface area (Å²) in [6.07, 6.45) is 13.5. The highest BCUT2D eigenvalue weighted by Gasteiger charge is 2.59. The van der Waals surface area contributed by atoms with Crippen molar-refractivity contribution >= 4 is 5.71 Å². The second-order valence-corrected chi connectivity index (χ2v) is 6.56. The van der Waals surface area contributed by atoms with Crippen LogP contribution in [0.15, 0.2) is 29.3 Å². The first-order valence-corrected chi connectivity index (χ1v) is 7.34. The van der Waals surface area contributed by atoms with E-state index in [9.17, 15) is 0 Å². The van der Waals surface area contributed by atoms with Gasteiger partial charge in [-0.25, -0.2) is 0 Å². The van der Waals surface area contributed by atoms with E-state index in [2.05, 4.69) is 45.1 Å². The molecule has 0 aromatic rings. The minimum Gasteiger partial charge on any atom is -0.293 e. The summed E-state index contributed by atoms with van der Waals surface area (Å²) in [5.41, 5.74) is 2.35. The average Bonchev–Trinajstić information content (AvgIpc) is 2.66. The summed E-state index contributed by atoms with van der Waals surface area (Å²) >= 11 is 0. The van der Waals surface area contributed by atoms with Gasteiger partial charge < -0.3 is 0 Å². The third kappa shape index (κ3) is 2.08. The largest absolute Gasteiger partial charge is 0.293 e. The van der Waals surface area contributed by atoms with Crippen LogP contribution in [0.4, 0.5) is 0 Å². The topological polar surface area (TPSA) is 12.4 Å². The van der Waals surface area contributed by atoms with Gasteiger partial charge in [-0.1, -0.05) is 45.1 Å². The predicted octanol–water partition coefficient (Wildman–Crippen LogP) is 4.80. The molecule has 2 saturated carbocycles. The third-order valence-corrected chi connectivity index (χ3v) is 5.55. The molecule has 0 aliphatic heterocycles. The highest BCUT2D eigenvalue weighted by Crippen LogP contribution is 2.63. The Kier molecular flexibility index (Phi) is 3.79. The molecular formula is C17H27N. The zero-order valence-electron chi connectivity index (χ0n) is 12.4. The monoisotopic (exact) mass is 245 g/mol. The lowest BCUT2D eigenvalue weighted by atomic mass is 9.70. The van der Waals surface area contributed by atoms with Gasteiger partial charge in [0.05, 0.1) is 0 Å². The lowest BCUT2D eigenvalue weighted by Crippen LogP contribution is -2.32. The summed E-state index contributed by atoms with van der Waals surface area (Å²) < 4.78 is 0. The van der Waals surface area contributed by atoms with E-state index in [0.717, 1.165) is 18.9 Å². The van der Waals surface area contributed by atoms with Gasteiger partial charge in [0.25, 0.3) is 0 Å². The van der Waals surface area contributed by atoms with Crippen molar-refractivity contribution in [2.24, 2.45) is 21.7 Å². The number of nitrogens with zero attached hydrogens (tertiary/aromatic N) is 1. The average molecular weight is 245 g/mol. The number of hydrogen-bond acceptors (Lipinski definition) is 1. The lowest BCUT2D eigenvalue weighted by Gasteiger charge is -2.34. The van der Waals surface area contributed by atoms with Gasteiger partial charge in [-0.15, -0.1) is 0 Å². The molecule has 1 heteroatoms. The molecular weight excluding hydrogens is 218 g/mol. The van der Waals surface area contributed by atoms with Crippen LogP contribution in [-0.4, -0.2) is 12.3 Å². The SMILES string of the molecule is C/C=C\C=C/CCN=C1CC2CC[C@]1(C)C2(C)C. The van der Waals surface area contributed by atoms with Crippen molar-refractivity contribution in [1.29, 1.82) is 0 Å². The molecule has 0 N–H and O–H groups in total. The maximum atomic E-state index is 4.91. The molecule has 2 atom stereocenters. The fourth-order valence-electron chi connectivity index (χ4n) is 3.73. The number of allylic oxidation sites excluding steroid dienone is 3. The highest BCUT2D eigenvalue weighted by atomic mass is 14.8. The zero-order chi connectivity index (χ0) is 13.2. The maximum Gasteiger partial charge on any atom is 0.0423 e. The second kappa shape index (κ2) is 5.03. The van der Waals surface area contributed by atoms with Crippen LogP contribution < -0.4 is 0 Å². The van der Waals surface area contributed by atoms with Crippen LogP contribution in [0.5, 0.6) is 0 Å². The van der Waals surface area contributed by atoms with Crippen LogP contribution >= 0.6 is 0 Å². The van der Waals surface area contributed by atoms with Crippen LogP contribution in [0.25, 0.3) is 0 Å². The van der Waals surface area contributed by atoms with Gasteiger partial charge in [-0.2, -0.15) is 0 Å².